The Morgan fingerprint density at radius 1 is 1.32 bits per heavy atom. The quantitative estimate of drug-likeness (QED) is 0.542. The normalized spacial score (nSPS) is 28.1. The minimum atomic E-state index is -0.403. The number of nitrogens with zero attached hydrogens (tertiary/aromatic N) is 2. The summed E-state index contributed by atoms with van der Waals surface area (Å²) in [4.78, 5) is 27.9. The molecule has 0 aromatic carbocycles. The van der Waals surface area contributed by atoms with E-state index in [4.69, 9.17) is 4.74 Å². The molecular weight excluding hydrogens is 244 g/mol. The Labute approximate surface area is 114 Å². The van der Waals surface area contributed by atoms with E-state index in [1.807, 2.05) is 0 Å². The zero-order valence-electron chi connectivity index (χ0n) is 11.9. The van der Waals surface area contributed by atoms with Crippen LogP contribution in [-0.4, -0.2) is 66.4 Å². The van der Waals surface area contributed by atoms with E-state index in [0.29, 0.717) is 25.2 Å². The molecule has 0 bridgehead atoms. The van der Waals surface area contributed by atoms with Crippen molar-refractivity contribution in [3.05, 3.63) is 0 Å². The number of hydrogen-bond acceptors (Lipinski definition) is 5. The van der Waals surface area contributed by atoms with Gasteiger partial charge in [-0.05, 0) is 33.2 Å². The Bertz CT molecular complexity index is 346. The van der Waals surface area contributed by atoms with E-state index in [1.165, 1.54) is 19.4 Å². The molecule has 2 rings (SSSR count). The number of Topliss-reactive ketones (excluding diaryl/α,β-unsaturated/α-hetero) is 1. The molecule has 0 spiro atoms. The van der Waals surface area contributed by atoms with Gasteiger partial charge < -0.3 is 4.74 Å². The van der Waals surface area contributed by atoms with Gasteiger partial charge in [-0.1, -0.05) is 0 Å². The molecular formula is C14H24N2O3. The third kappa shape index (κ3) is 3.76. The third-order valence-electron chi connectivity index (χ3n) is 4.09. The van der Waals surface area contributed by atoms with Gasteiger partial charge in [0, 0.05) is 25.2 Å². The maximum Gasteiger partial charge on any atom is 0.313 e. The zero-order valence-corrected chi connectivity index (χ0v) is 11.9. The number of carbonyl (C=O) groups excluding carboxylic acids is 2. The molecule has 0 N–H and O–H groups in total. The van der Waals surface area contributed by atoms with Crippen LogP contribution in [0.1, 0.15) is 33.1 Å². The maximum absolute atomic E-state index is 11.9. The molecule has 108 valence electrons. The van der Waals surface area contributed by atoms with E-state index in [1.54, 1.807) is 6.92 Å². The topological polar surface area (TPSA) is 49.9 Å². The van der Waals surface area contributed by atoms with Crippen LogP contribution >= 0.6 is 0 Å². The van der Waals surface area contributed by atoms with Crippen LogP contribution in [0.25, 0.3) is 0 Å². The largest absolute Gasteiger partial charge is 0.466 e. The summed E-state index contributed by atoms with van der Waals surface area (Å²) in [6, 6.07) is 0.993. The second kappa shape index (κ2) is 6.48. The van der Waals surface area contributed by atoms with Crippen molar-refractivity contribution in [2.75, 3.05) is 32.8 Å². The van der Waals surface area contributed by atoms with Crippen LogP contribution < -0.4 is 0 Å². The molecule has 0 aromatic heterocycles. The van der Waals surface area contributed by atoms with Crippen LogP contribution in [0.2, 0.25) is 0 Å². The van der Waals surface area contributed by atoms with Crippen molar-refractivity contribution in [3.8, 4) is 0 Å². The van der Waals surface area contributed by atoms with Gasteiger partial charge in [0.15, 0.2) is 5.78 Å². The van der Waals surface area contributed by atoms with E-state index in [-0.39, 0.29) is 12.2 Å². The van der Waals surface area contributed by atoms with Gasteiger partial charge in [-0.2, -0.15) is 0 Å². The summed E-state index contributed by atoms with van der Waals surface area (Å²) in [5, 5.41) is 0. The number of ketones is 1. The van der Waals surface area contributed by atoms with Crippen molar-refractivity contribution < 1.29 is 14.3 Å². The molecule has 5 nitrogen and oxygen atoms in total. The first kappa shape index (κ1) is 14.5. The second-order valence-corrected chi connectivity index (χ2v) is 5.59. The highest BCUT2D eigenvalue weighted by Crippen LogP contribution is 2.24. The molecule has 2 saturated heterocycles. The van der Waals surface area contributed by atoms with Gasteiger partial charge in [0.1, 0.15) is 6.42 Å². The van der Waals surface area contributed by atoms with E-state index >= 15 is 0 Å². The fraction of sp³-hybridized carbons (Fsp3) is 0.857. The highest BCUT2D eigenvalue weighted by molar-refractivity contribution is 5.96. The Morgan fingerprint density at radius 2 is 2.11 bits per heavy atom. The maximum atomic E-state index is 11.9. The third-order valence-corrected chi connectivity index (χ3v) is 4.09. The molecule has 5 heteroatoms. The van der Waals surface area contributed by atoms with E-state index in [2.05, 4.69) is 16.7 Å². The Balaban J connectivity index is 1.81. The van der Waals surface area contributed by atoms with Crippen molar-refractivity contribution in [2.24, 2.45) is 0 Å². The summed E-state index contributed by atoms with van der Waals surface area (Å²) >= 11 is 0. The summed E-state index contributed by atoms with van der Waals surface area (Å²) in [6.45, 7) is 7.82. The van der Waals surface area contributed by atoms with Gasteiger partial charge in [0.2, 0.25) is 0 Å². The lowest BCUT2D eigenvalue weighted by atomic mass is 10.1. The summed E-state index contributed by atoms with van der Waals surface area (Å²) in [7, 11) is 0. The lowest BCUT2D eigenvalue weighted by Gasteiger charge is -2.41. The van der Waals surface area contributed by atoms with Crippen LogP contribution in [0.15, 0.2) is 0 Å². The number of rotatable bonds is 5. The predicted molar refractivity (Wildman–Crippen MR) is 71.9 cm³/mol. The van der Waals surface area contributed by atoms with Crippen LogP contribution in [0.3, 0.4) is 0 Å². The van der Waals surface area contributed by atoms with E-state index in [0.717, 1.165) is 13.1 Å². The smallest absolute Gasteiger partial charge is 0.313 e. The van der Waals surface area contributed by atoms with Crippen molar-refractivity contribution in [1.82, 2.24) is 9.80 Å². The standard InChI is InChI=1S/C14H24N2O3/c1-3-19-14(18)7-13(17)10-16-9-12-5-4-6-15(12)8-11(16)2/h11-12H,3-10H2,1-2H3. The molecule has 0 aliphatic carbocycles. The van der Waals surface area contributed by atoms with Gasteiger partial charge in [-0.3, -0.25) is 19.4 Å². The molecule has 2 fully saturated rings. The highest BCUT2D eigenvalue weighted by atomic mass is 16.5. The molecule has 2 aliphatic rings. The Morgan fingerprint density at radius 3 is 2.84 bits per heavy atom. The number of carbonyl (C=O) groups is 2. The lowest BCUT2D eigenvalue weighted by Crippen LogP contribution is -2.56. The summed E-state index contributed by atoms with van der Waals surface area (Å²) in [5.74, 6) is -0.434. The first-order valence-corrected chi connectivity index (χ1v) is 7.25. The number of ether oxygens (including phenoxy) is 1. The Hall–Kier alpha value is -0.940. The molecule has 0 radical (unpaired) electrons. The molecule has 0 aromatic rings. The van der Waals surface area contributed by atoms with Gasteiger partial charge in [0.05, 0.1) is 13.2 Å². The highest BCUT2D eigenvalue weighted by Gasteiger charge is 2.34. The van der Waals surface area contributed by atoms with Crippen molar-refractivity contribution in [1.29, 1.82) is 0 Å². The zero-order chi connectivity index (χ0) is 13.8. The summed E-state index contributed by atoms with van der Waals surface area (Å²) in [6.07, 6.45) is 2.41. The fourth-order valence-corrected chi connectivity index (χ4v) is 3.12. The minimum absolute atomic E-state index is 0.0308. The summed E-state index contributed by atoms with van der Waals surface area (Å²) in [5.41, 5.74) is 0. The van der Waals surface area contributed by atoms with Gasteiger partial charge >= 0.3 is 5.97 Å². The van der Waals surface area contributed by atoms with Crippen LogP contribution in [0.4, 0.5) is 0 Å². The average Bonchev–Trinajstić information content (AvgIpc) is 2.76. The van der Waals surface area contributed by atoms with Crippen molar-refractivity contribution in [3.63, 3.8) is 0 Å². The molecule has 2 atom stereocenters. The van der Waals surface area contributed by atoms with Crippen molar-refractivity contribution >= 4 is 11.8 Å². The number of fused-ring (bicyclic) bond motifs is 1. The second-order valence-electron chi connectivity index (χ2n) is 5.59. The van der Waals surface area contributed by atoms with E-state index in [9.17, 15) is 9.59 Å². The molecule has 2 heterocycles. The lowest BCUT2D eigenvalue weighted by molar-refractivity contribution is -0.146. The van der Waals surface area contributed by atoms with Gasteiger partial charge in [-0.25, -0.2) is 0 Å². The molecule has 2 unspecified atom stereocenters. The number of esters is 1. The minimum Gasteiger partial charge on any atom is -0.466 e. The first-order chi connectivity index (χ1) is 9.10. The molecule has 0 amide bonds. The monoisotopic (exact) mass is 268 g/mol. The van der Waals surface area contributed by atoms with Gasteiger partial charge in [0.25, 0.3) is 0 Å². The predicted octanol–water partition coefficient (Wildman–Crippen LogP) is 0.677. The van der Waals surface area contributed by atoms with Crippen LogP contribution in [0, 0.1) is 0 Å². The Kier molecular flexibility index (Phi) is 4.93. The van der Waals surface area contributed by atoms with Gasteiger partial charge in [-0.15, -0.1) is 0 Å². The fourth-order valence-electron chi connectivity index (χ4n) is 3.12. The molecule has 0 saturated carbocycles. The number of piperazine rings is 1. The average molecular weight is 268 g/mol. The van der Waals surface area contributed by atoms with Crippen molar-refractivity contribution in [2.45, 2.75) is 45.2 Å². The first-order valence-electron chi connectivity index (χ1n) is 7.25. The summed E-state index contributed by atoms with van der Waals surface area (Å²) < 4.78 is 4.81. The number of hydrogen-bond donors (Lipinski definition) is 0. The molecule has 19 heavy (non-hydrogen) atoms. The SMILES string of the molecule is CCOC(=O)CC(=O)CN1CC2CCCN2CC1C. The van der Waals surface area contributed by atoms with Crippen LogP contribution in [0.5, 0.6) is 0 Å². The van der Waals surface area contributed by atoms with Crippen LogP contribution in [-0.2, 0) is 14.3 Å². The molecule has 2 aliphatic heterocycles. The van der Waals surface area contributed by atoms with E-state index < -0.39 is 5.97 Å².